The summed E-state index contributed by atoms with van der Waals surface area (Å²) in [6.07, 6.45) is 0.986. The Balaban J connectivity index is 2.80. The predicted octanol–water partition coefficient (Wildman–Crippen LogP) is 2.84. The van der Waals surface area contributed by atoms with Crippen molar-refractivity contribution >= 4 is 5.69 Å². The Kier molecular flexibility index (Phi) is 4.36. The number of anilines is 1. The van der Waals surface area contributed by atoms with Crippen LogP contribution in [0.1, 0.15) is 25.8 Å². The number of aryl methyl sites for hydroxylation is 1. The number of para-hydroxylation sites is 1. The fourth-order valence-electron chi connectivity index (χ4n) is 1.92. The monoisotopic (exact) mass is 221 g/mol. The van der Waals surface area contributed by atoms with Crippen LogP contribution in [-0.4, -0.2) is 25.3 Å². The van der Waals surface area contributed by atoms with Gasteiger partial charge in [-0.25, -0.2) is 0 Å². The summed E-state index contributed by atoms with van der Waals surface area (Å²) in [5.41, 5.74) is 2.51. The van der Waals surface area contributed by atoms with E-state index >= 15 is 0 Å². The molecule has 1 aromatic rings. The van der Waals surface area contributed by atoms with Crippen molar-refractivity contribution in [3.8, 4) is 0 Å². The first-order chi connectivity index (χ1) is 7.52. The second-order valence-electron chi connectivity index (χ2n) is 4.96. The molecule has 0 bridgehead atoms. The van der Waals surface area contributed by atoms with Crippen LogP contribution in [0.2, 0.25) is 0 Å². The zero-order valence-corrected chi connectivity index (χ0v) is 10.8. The van der Waals surface area contributed by atoms with Crippen molar-refractivity contribution in [3.05, 3.63) is 29.8 Å². The quantitative estimate of drug-likeness (QED) is 0.826. The van der Waals surface area contributed by atoms with Crippen LogP contribution in [0.5, 0.6) is 0 Å². The first kappa shape index (κ1) is 13.0. The highest BCUT2D eigenvalue weighted by molar-refractivity contribution is 5.52. The average molecular weight is 221 g/mol. The number of rotatable bonds is 5. The van der Waals surface area contributed by atoms with Crippen LogP contribution in [0, 0.1) is 12.3 Å². The average Bonchev–Trinajstić information content (AvgIpc) is 2.29. The predicted molar refractivity (Wildman–Crippen MR) is 69.9 cm³/mol. The molecule has 0 spiro atoms. The maximum Gasteiger partial charge on any atom is 0.0501 e. The molecule has 0 aliphatic heterocycles. The van der Waals surface area contributed by atoms with Gasteiger partial charge >= 0.3 is 0 Å². The molecule has 0 aliphatic carbocycles. The Hall–Kier alpha value is -1.02. The summed E-state index contributed by atoms with van der Waals surface area (Å²) in [7, 11) is 2.09. The van der Waals surface area contributed by atoms with Gasteiger partial charge in [0.15, 0.2) is 0 Å². The lowest BCUT2D eigenvalue weighted by molar-refractivity contribution is 0.144. The Morgan fingerprint density at radius 1 is 1.31 bits per heavy atom. The zero-order chi connectivity index (χ0) is 12.2. The van der Waals surface area contributed by atoms with Gasteiger partial charge in [-0.2, -0.15) is 0 Å². The minimum atomic E-state index is -0.0168. The molecule has 0 heterocycles. The van der Waals surface area contributed by atoms with Crippen LogP contribution < -0.4 is 4.90 Å². The lowest BCUT2D eigenvalue weighted by atomic mass is 9.88. The van der Waals surface area contributed by atoms with Crippen LogP contribution >= 0.6 is 0 Å². The van der Waals surface area contributed by atoms with E-state index in [4.69, 9.17) is 0 Å². The summed E-state index contributed by atoms with van der Waals surface area (Å²) in [6.45, 7) is 7.49. The summed E-state index contributed by atoms with van der Waals surface area (Å²) >= 11 is 0. The smallest absolute Gasteiger partial charge is 0.0501 e. The fourth-order valence-corrected chi connectivity index (χ4v) is 1.92. The van der Waals surface area contributed by atoms with Gasteiger partial charge in [0, 0.05) is 24.7 Å². The second kappa shape index (κ2) is 5.35. The third-order valence-electron chi connectivity index (χ3n) is 3.38. The van der Waals surface area contributed by atoms with Gasteiger partial charge in [-0.05, 0) is 25.0 Å². The molecule has 0 amide bonds. The molecule has 0 saturated carbocycles. The molecule has 0 aliphatic rings. The number of hydrogen-bond donors (Lipinski definition) is 1. The standard InChI is InChI=1S/C14H23NO/c1-5-14(3,11-16)10-15(4)13-9-7-6-8-12(13)2/h6-9,16H,5,10-11H2,1-4H3. The van der Waals surface area contributed by atoms with Gasteiger partial charge in [0.05, 0.1) is 6.61 Å². The molecule has 16 heavy (non-hydrogen) atoms. The Bertz CT molecular complexity index is 331. The molecule has 2 nitrogen and oxygen atoms in total. The third kappa shape index (κ3) is 2.99. The second-order valence-corrected chi connectivity index (χ2v) is 4.96. The number of nitrogens with zero attached hydrogens (tertiary/aromatic N) is 1. The highest BCUT2D eigenvalue weighted by atomic mass is 16.3. The molecule has 1 atom stereocenters. The highest BCUT2D eigenvalue weighted by Crippen LogP contribution is 2.25. The number of benzene rings is 1. The normalized spacial score (nSPS) is 14.6. The van der Waals surface area contributed by atoms with E-state index in [0.29, 0.717) is 0 Å². The van der Waals surface area contributed by atoms with Crippen LogP contribution in [-0.2, 0) is 0 Å². The first-order valence-electron chi connectivity index (χ1n) is 5.90. The van der Waals surface area contributed by atoms with Gasteiger partial charge in [-0.1, -0.05) is 32.0 Å². The van der Waals surface area contributed by atoms with E-state index in [-0.39, 0.29) is 12.0 Å². The van der Waals surface area contributed by atoms with Crippen LogP contribution in [0.4, 0.5) is 5.69 Å². The zero-order valence-electron chi connectivity index (χ0n) is 10.8. The van der Waals surface area contributed by atoms with E-state index in [1.165, 1.54) is 11.3 Å². The molecular formula is C14H23NO. The van der Waals surface area contributed by atoms with Crippen molar-refractivity contribution in [2.75, 3.05) is 25.1 Å². The molecule has 1 aromatic carbocycles. The number of aliphatic hydroxyl groups excluding tert-OH is 1. The molecule has 0 radical (unpaired) electrons. The van der Waals surface area contributed by atoms with Gasteiger partial charge in [0.25, 0.3) is 0 Å². The van der Waals surface area contributed by atoms with Crippen LogP contribution in [0.25, 0.3) is 0 Å². The highest BCUT2D eigenvalue weighted by Gasteiger charge is 2.23. The van der Waals surface area contributed by atoms with Crippen molar-refractivity contribution < 1.29 is 5.11 Å². The van der Waals surface area contributed by atoms with E-state index in [9.17, 15) is 5.11 Å². The molecule has 1 unspecified atom stereocenters. The van der Waals surface area contributed by atoms with Crippen molar-refractivity contribution in [3.63, 3.8) is 0 Å². The summed E-state index contributed by atoms with van der Waals surface area (Å²) in [4.78, 5) is 2.23. The summed E-state index contributed by atoms with van der Waals surface area (Å²) in [5, 5.41) is 9.42. The van der Waals surface area contributed by atoms with Gasteiger partial charge in [-0.15, -0.1) is 0 Å². The van der Waals surface area contributed by atoms with E-state index in [1.807, 2.05) is 0 Å². The Labute approximate surface area is 98.9 Å². The molecule has 90 valence electrons. The van der Waals surface area contributed by atoms with E-state index < -0.39 is 0 Å². The van der Waals surface area contributed by atoms with Gasteiger partial charge in [-0.3, -0.25) is 0 Å². The fraction of sp³-hybridized carbons (Fsp3) is 0.571. The van der Waals surface area contributed by atoms with Gasteiger partial charge in [0.1, 0.15) is 0 Å². The van der Waals surface area contributed by atoms with Gasteiger partial charge in [0.2, 0.25) is 0 Å². The molecule has 1 N–H and O–H groups in total. The van der Waals surface area contributed by atoms with E-state index in [2.05, 4.69) is 57.0 Å². The van der Waals surface area contributed by atoms with Crippen molar-refractivity contribution in [1.82, 2.24) is 0 Å². The first-order valence-corrected chi connectivity index (χ1v) is 5.90. The maximum absolute atomic E-state index is 9.42. The lowest BCUT2D eigenvalue weighted by Crippen LogP contribution is -2.36. The summed E-state index contributed by atoms with van der Waals surface area (Å²) in [6, 6.07) is 8.36. The van der Waals surface area contributed by atoms with Crippen molar-refractivity contribution in [1.29, 1.82) is 0 Å². The molecule has 1 rings (SSSR count). The lowest BCUT2D eigenvalue weighted by Gasteiger charge is -2.33. The third-order valence-corrected chi connectivity index (χ3v) is 3.38. The number of aliphatic hydroxyl groups is 1. The Morgan fingerprint density at radius 3 is 2.44 bits per heavy atom. The summed E-state index contributed by atoms with van der Waals surface area (Å²) < 4.78 is 0. The SMILES string of the molecule is CCC(C)(CO)CN(C)c1ccccc1C. The van der Waals surface area contributed by atoms with Crippen molar-refractivity contribution in [2.24, 2.45) is 5.41 Å². The van der Waals surface area contributed by atoms with Gasteiger partial charge < -0.3 is 10.0 Å². The molecule has 0 aromatic heterocycles. The topological polar surface area (TPSA) is 23.5 Å². The minimum Gasteiger partial charge on any atom is -0.396 e. The van der Waals surface area contributed by atoms with Crippen molar-refractivity contribution in [2.45, 2.75) is 27.2 Å². The van der Waals surface area contributed by atoms with E-state index in [0.717, 1.165) is 13.0 Å². The molecule has 2 heteroatoms. The maximum atomic E-state index is 9.42. The number of hydrogen-bond acceptors (Lipinski definition) is 2. The van der Waals surface area contributed by atoms with Crippen LogP contribution in [0.3, 0.4) is 0 Å². The Morgan fingerprint density at radius 2 is 1.94 bits per heavy atom. The molecule has 0 fully saturated rings. The minimum absolute atomic E-state index is 0.0168. The van der Waals surface area contributed by atoms with Crippen LogP contribution in [0.15, 0.2) is 24.3 Å². The largest absolute Gasteiger partial charge is 0.396 e. The molecule has 0 saturated heterocycles. The van der Waals surface area contributed by atoms with E-state index in [1.54, 1.807) is 0 Å². The molecular weight excluding hydrogens is 198 g/mol. The summed E-state index contributed by atoms with van der Waals surface area (Å²) in [5.74, 6) is 0.